The minimum Gasteiger partial charge on any atom is -0.320 e. The molecule has 1 aliphatic rings. The van der Waals surface area contributed by atoms with E-state index in [4.69, 9.17) is 0 Å². The lowest BCUT2D eigenvalue weighted by atomic mass is 10.0. The number of urea groups is 1. The largest absolute Gasteiger partial charge is 0.324 e. The predicted octanol–water partition coefficient (Wildman–Crippen LogP) is 3.69. The van der Waals surface area contributed by atoms with Gasteiger partial charge in [0.25, 0.3) is 0 Å². The van der Waals surface area contributed by atoms with E-state index < -0.39 is 0 Å². The molecule has 1 heterocycles. The van der Waals surface area contributed by atoms with Gasteiger partial charge in [-0.2, -0.15) is 0 Å². The van der Waals surface area contributed by atoms with Crippen LogP contribution in [0.1, 0.15) is 18.1 Å². The van der Waals surface area contributed by atoms with Crippen LogP contribution in [0.25, 0.3) is 0 Å². The molecule has 21 heavy (non-hydrogen) atoms. The number of anilines is 1. The van der Waals surface area contributed by atoms with Gasteiger partial charge in [-0.15, -0.1) is 0 Å². The van der Waals surface area contributed by atoms with E-state index in [9.17, 15) is 4.79 Å². The molecule has 0 radical (unpaired) electrons. The minimum atomic E-state index is 0.0956. The first-order valence-electron chi connectivity index (χ1n) is 7.48. The van der Waals surface area contributed by atoms with Crippen LogP contribution in [0, 0.1) is 0 Å². The Balaban J connectivity index is 1.79. The molecule has 0 N–H and O–H groups in total. The number of benzene rings is 2. The smallest absolute Gasteiger partial charge is 0.320 e. The molecule has 3 rings (SSSR count). The van der Waals surface area contributed by atoms with Gasteiger partial charge in [-0.05, 0) is 36.6 Å². The van der Waals surface area contributed by atoms with Crippen LogP contribution in [0.4, 0.5) is 10.5 Å². The number of nitrogens with zero attached hydrogens (tertiary/aromatic N) is 2. The zero-order valence-corrected chi connectivity index (χ0v) is 12.3. The molecule has 2 aromatic carbocycles. The van der Waals surface area contributed by atoms with Gasteiger partial charge in [0.2, 0.25) is 0 Å². The zero-order valence-electron chi connectivity index (χ0n) is 12.3. The van der Waals surface area contributed by atoms with Crippen molar-refractivity contribution in [2.45, 2.75) is 19.9 Å². The Kier molecular flexibility index (Phi) is 3.91. The van der Waals surface area contributed by atoms with E-state index in [1.54, 1.807) is 0 Å². The molecule has 0 spiro atoms. The number of rotatable bonds is 2. The van der Waals surface area contributed by atoms with Crippen LogP contribution in [0.15, 0.2) is 54.6 Å². The molecule has 2 aromatic rings. The minimum absolute atomic E-state index is 0.0956. The van der Waals surface area contributed by atoms with E-state index in [1.807, 2.05) is 53.1 Å². The molecule has 2 amide bonds. The average molecular weight is 280 g/mol. The Morgan fingerprint density at radius 2 is 1.71 bits per heavy atom. The van der Waals surface area contributed by atoms with Crippen LogP contribution < -0.4 is 4.90 Å². The molecule has 3 heteroatoms. The third kappa shape index (κ3) is 2.77. The third-order valence-corrected chi connectivity index (χ3v) is 4.02. The number of fused-ring (bicyclic) bond motifs is 1. The van der Waals surface area contributed by atoms with Crippen LogP contribution in [0.5, 0.6) is 0 Å². The summed E-state index contributed by atoms with van der Waals surface area (Å²) in [6.07, 6.45) is 0.939. The molecule has 0 unspecified atom stereocenters. The third-order valence-electron chi connectivity index (χ3n) is 4.02. The molecule has 0 aliphatic carbocycles. The van der Waals surface area contributed by atoms with Crippen molar-refractivity contribution in [3.63, 3.8) is 0 Å². The zero-order chi connectivity index (χ0) is 14.7. The molecule has 0 aromatic heterocycles. The van der Waals surface area contributed by atoms with E-state index in [0.29, 0.717) is 13.1 Å². The van der Waals surface area contributed by atoms with E-state index in [1.165, 1.54) is 11.1 Å². The highest BCUT2D eigenvalue weighted by atomic mass is 16.2. The molecule has 0 atom stereocenters. The van der Waals surface area contributed by atoms with Gasteiger partial charge in [-0.1, -0.05) is 42.5 Å². The number of para-hydroxylation sites is 1. The quantitative estimate of drug-likeness (QED) is 0.823. The number of amides is 2. The SMILES string of the molecule is CCN(C(=O)N1CCc2ccccc2C1)c1ccccc1. The first kappa shape index (κ1) is 13.7. The average Bonchev–Trinajstić information content (AvgIpc) is 2.56. The second-order valence-corrected chi connectivity index (χ2v) is 5.30. The fraction of sp³-hybridized carbons (Fsp3) is 0.278. The molecule has 3 nitrogen and oxygen atoms in total. The number of carbonyl (C=O) groups is 1. The second-order valence-electron chi connectivity index (χ2n) is 5.30. The van der Waals surface area contributed by atoms with Crippen molar-refractivity contribution in [1.29, 1.82) is 0 Å². The summed E-state index contributed by atoms with van der Waals surface area (Å²) in [6.45, 7) is 4.20. The summed E-state index contributed by atoms with van der Waals surface area (Å²) < 4.78 is 0. The van der Waals surface area contributed by atoms with Crippen LogP contribution in [-0.2, 0) is 13.0 Å². The van der Waals surface area contributed by atoms with Gasteiger partial charge in [0, 0.05) is 25.3 Å². The Labute approximate surface area is 125 Å². The Bertz CT molecular complexity index is 624. The first-order chi connectivity index (χ1) is 10.3. The van der Waals surface area contributed by atoms with E-state index in [2.05, 4.69) is 18.2 Å². The summed E-state index contributed by atoms with van der Waals surface area (Å²) in [5.41, 5.74) is 3.59. The first-order valence-corrected chi connectivity index (χ1v) is 7.48. The lowest BCUT2D eigenvalue weighted by Crippen LogP contribution is -2.45. The second kappa shape index (κ2) is 6.00. The van der Waals surface area contributed by atoms with Crippen LogP contribution in [0.3, 0.4) is 0 Å². The van der Waals surface area contributed by atoms with Gasteiger partial charge < -0.3 is 4.90 Å². The normalized spacial score (nSPS) is 13.7. The van der Waals surface area contributed by atoms with Gasteiger partial charge in [0.1, 0.15) is 0 Å². The highest BCUT2D eigenvalue weighted by Gasteiger charge is 2.24. The molecule has 1 aliphatic heterocycles. The molecule has 108 valence electrons. The van der Waals surface area contributed by atoms with Crippen LogP contribution >= 0.6 is 0 Å². The Morgan fingerprint density at radius 3 is 2.43 bits per heavy atom. The van der Waals surface area contributed by atoms with Crippen molar-refractivity contribution >= 4 is 11.7 Å². The molecule has 0 saturated carbocycles. The number of hydrogen-bond acceptors (Lipinski definition) is 1. The molecule has 0 bridgehead atoms. The Hall–Kier alpha value is -2.29. The van der Waals surface area contributed by atoms with Crippen molar-refractivity contribution < 1.29 is 4.79 Å². The standard InChI is InChI=1S/C18H20N2O/c1-2-20(17-10-4-3-5-11-17)18(21)19-13-12-15-8-6-7-9-16(15)14-19/h3-11H,2,12-14H2,1H3. The summed E-state index contributed by atoms with van der Waals surface area (Å²) in [6, 6.07) is 18.4. The topological polar surface area (TPSA) is 23.6 Å². The van der Waals surface area contributed by atoms with Crippen molar-refractivity contribution in [3.05, 3.63) is 65.7 Å². The lowest BCUT2D eigenvalue weighted by Gasteiger charge is -2.33. The fourth-order valence-corrected chi connectivity index (χ4v) is 2.87. The maximum absolute atomic E-state index is 12.8. The van der Waals surface area contributed by atoms with Crippen molar-refractivity contribution in [3.8, 4) is 0 Å². The van der Waals surface area contributed by atoms with E-state index in [0.717, 1.165) is 18.7 Å². The van der Waals surface area contributed by atoms with Crippen molar-refractivity contribution in [2.24, 2.45) is 0 Å². The van der Waals surface area contributed by atoms with Crippen molar-refractivity contribution in [1.82, 2.24) is 4.90 Å². The monoisotopic (exact) mass is 280 g/mol. The highest BCUT2D eigenvalue weighted by molar-refractivity contribution is 5.92. The number of hydrogen-bond donors (Lipinski definition) is 0. The van der Waals surface area contributed by atoms with Gasteiger partial charge >= 0.3 is 6.03 Å². The summed E-state index contributed by atoms with van der Waals surface area (Å²) in [5.74, 6) is 0. The van der Waals surface area contributed by atoms with Crippen LogP contribution in [-0.4, -0.2) is 24.0 Å². The number of carbonyl (C=O) groups excluding carboxylic acids is 1. The maximum atomic E-state index is 12.8. The Morgan fingerprint density at radius 1 is 1.05 bits per heavy atom. The lowest BCUT2D eigenvalue weighted by molar-refractivity contribution is 0.199. The molecule has 0 fully saturated rings. The van der Waals surface area contributed by atoms with E-state index >= 15 is 0 Å². The molecule has 0 saturated heterocycles. The van der Waals surface area contributed by atoms with Crippen molar-refractivity contribution in [2.75, 3.05) is 18.0 Å². The van der Waals surface area contributed by atoms with Gasteiger partial charge in [0.15, 0.2) is 0 Å². The van der Waals surface area contributed by atoms with Gasteiger partial charge in [0.05, 0.1) is 0 Å². The molecular formula is C18H20N2O. The molecular weight excluding hydrogens is 260 g/mol. The summed E-state index contributed by atoms with van der Waals surface area (Å²) in [4.78, 5) is 16.6. The van der Waals surface area contributed by atoms with Crippen LogP contribution in [0.2, 0.25) is 0 Å². The summed E-state index contributed by atoms with van der Waals surface area (Å²) in [7, 11) is 0. The van der Waals surface area contributed by atoms with E-state index in [-0.39, 0.29) is 6.03 Å². The highest BCUT2D eigenvalue weighted by Crippen LogP contribution is 2.22. The van der Waals surface area contributed by atoms with Gasteiger partial charge in [-0.25, -0.2) is 4.79 Å². The van der Waals surface area contributed by atoms with Gasteiger partial charge in [-0.3, -0.25) is 4.90 Å². The maximum Gasteiger partial charge on any atom is 0.324 e. The fourth-order valence-electron chi connectivity index (χ4n) is 2.87. The predicted molar refractivity (Wildman–Crippen MR) is 85.4 cm³/mol. The summed E-state index contributed by atoms with van der Waals surface area (Å²) in [5, 5.41) is 0. The summed E-state index contributed by atoms with van der Waals surface area (Å²) >= 11 is 0.